The van der Waals surface area contributed by atoms with Crippen molar-refractivity contribution in [3.05, 3.63) is 81.5 Å². The summed E-state index contributed by atoms with van der Waals surface area (Å²) in [4.78, 5) is 30.7. The summed E-state index contributed by atoms with van der Waals surface area (Å²) in [6.07, 6.45) is 0. The summed E-state index contributed by atoms with van der Waals surface area (Å²) < 4.78 is 18.5. The number of piperazine rings is 1. The smallest absolute Gasteiger partial charge is 0.267 e. The number of hydrogen-bond acceptors (Lipinski definition) is 6. The van der Waals surface area contributed by atoms with Crippen molar-refractivity contribution < 1.29 is 18.7 Å². The van der Waals surface area contributed by atoms with Crippen LogP contribution in [0, 0.1) is 24.1 Å². The third-order valence-corrected chi connectivity index (χ3v) is 6.84. The molecule has 0 radical (unpaired) electrons. The van der Waals surface area contributed by atoms with Crippen molar-refractivity contribution in [1.29, 1.82) is 5.26 Å². The highest BCUT2D eigenvalue weighted by Crippen LogP contribution is 2.44. The lowest BCUT2D eigenvalue weighted by Crippen LogP contribution is -2.51. The van der Waals surface area contributed by atoms with Crippen LogP contribution in [0.2, 0.25) is 0 Å². The van der Waals surface area contributed by atoms with Gasteiger partial charge in [0.25, 0.3) is 5.91 Å². The molecule has 0 saturated carbocycles. The van der Waals surface area contributed by atoms with Gasteiger partial charge >= 0.3 is 0 Å². The summed E-state index contributed by atoms with van der Waals surface area (Å²) in [5.41, 5.74) is 3.42. The van der Waals surface area contributed by atoms with E-state index in [2.05, 4.69) is 6.07 Å². The number of amides is 2. The first-order valence-corrected chi connectivity index (χ1v) is 12.0. The normalized spacial score (nSPS) is 17.2. The van der Waals surface area contributed by atoms with Crippen LogP contribution >= 0.6 is 11.8 Å². The molecule has 180 valence electrons. The van der Waals surface area contributed by atoms with Crippen LogP contribution in [0.3, 0.4) is 0 Å². The molecule has 2 heterocycles. The molecule has 2 amide bonds. The van der Waals surface area contributed by atoms with Gasteiger partial charge in [0, 0.05) is 44.4 Å². The van der Waals surface area contributed by atoms with E-state index in [-0.39, 0.29) is 29.8 Å². The molecule has 0 aliphatic carbocycles. The Balaban J connectivity index is 1.65. The van der Waals surface area contributed by atoms with Gasteiger partial charge in [0.2, 0.25) is 5.91 Å². The zero-order chi connectivity index (χ0) is 24.9. The van der Waals surface area contributed by atoms with Crippen molar-refractivity contribution in [3.63, 3.8) is 0 Å². The number of carbonyl (C=O) groups excluding carboxylic acids is 2. The van der Waals surface area contributed by atoms with Crippen LogP contribution in [0.5, 0.6) is 0 Å². The Morgan fingerprint density at radius 2 is 1.66 bits per heavy atom. The number of ether oxygens (including phenoxy) is 1. The van der Waals surface area contributed by atoms with Crippen LogP contribution in [-0.2, 0) is 14.3 Å². The average Bonchev–Trinajstić information content (AvgIpc) is 3.30. The second-order valence-corrected chi connectivity index (χ2v) is 9.05. The van der Waals surface area contributed by atoms with Gasteiger partial charge < -0.3 is 19.4 Å². The third kappa shape index (κ3) is 5.24. The molecule has 2 aliphatic rings. The van der Waals surface area contributed by atoms with E-state index in [1.807, 2.05) is 41.5 Å². The summed E-state index contributed by atoms with van der Waals surface area (Å²) >= 11 is 1.29. The van der Waals surface area contributed by atoms with E-state index >= 15 is 0 Å². The molecule has 2 aliphatic heterocycles. The molecular formula is C26H25FN4O3S. The van der Waals surface area contributed by atoms with Gasteiger partial charge in [-0.2, -0.15) is 5.26 Å². The highest BCUT2D eigenvalue weighted by molar-refractivity contribution is 8.06. The standard InChI is InChI=1S/C26H25FN4O3S/c1-18-3-9-21(10-4-18)31-23(19-5-7-20(27)8-6-19)17-35-26(31)22(15-28)25(33)30-13-11-29(12-14-30)24(32)16-34-2/h3-10,17H,11-14,16H2,1-2H3/b26-22-. The maximum absolute atomic E-state index is 13.6. The fourth-order valence-corrected chi connectivity index (χ4v) is 5.01. The van der Waals surface area contributed by atoms with Crippen molar-refractivity contribution in [2.24, 2.45) is 0 Å². The molecule has 0 N–H and O–H groups in total. The minimum Gasteiger partial charge on any atom is -0.375 e. The van der Waals surface area contributed by atoms with Gasteiger partial charge in [-0.3, -0.25) is 9.59 Å². The molecule has 0 bridgehead atoms. The van der Waals surface area contributed by atoms with Crippen molar-refractivity contribution in [2.45, 2.75) is 6.92 Å². The zero-order valence-electron chi connectivity index (χ0n) is 19.5. The Kier molecular flexibility index (Phi) is 7.54. The van der Waals surface area contributed by atoms with Gasteiger partial charge in [0.15, 0.2) is 0 Å². The number of anilines is 1. The zero-order valence-corrected chi connectivity index (χ0v) is 20.3. The van der Waals surface area contributed by atoms with Crippen LogP contribution in [0.1, 0.15) is 11.1 Å². The lowest BCUT2D eigenvalue weighted by atomic mass is 10.1. The third-order valence-electron chi connectivity index (χ3n) is 5.89. The maximum Gasteiger partial charge on any atom is 0.267 e. The largest absolute Gasteiger partial charge is 0.375 e. The van der Waals surface area contributed by atoms with Crippen molar-refractivity contribution in [1.82, 2.24) is 9.80 Å². The number of halogens is 1. The molecule has 0 unspecified atom stereocenters. The van der Waals surface area contributed by atoms with E-state index in [1.165, 1.54) is 31.0 Å². The SMILES string of the molecule is COCC(=O)N1CCN(C(=O)/C(C#N)=C2\SC=C(c3ccc(F)cc3)N2c2ccc(C)cc2)CC1. The number of aryl methyl sites for hydroxylation is 1. The minimum atomic E-state index is -0.375. The first-order valence-electron chi connectivity index (χ1n) is 11.1. The van der Waals surface area contributed by atoms with Crippen LogP contribution in [0.4, 0.5) is 10.1 Å². The fourth-order valence-electron chi connectivity index (χ4n) is 3.98. The molecular weight excluding hydrogens is 467 g/mol. The number of benzene rings is 2. The second kappa shape index (κ2) is 10.8. The number of methoxy groups -OCH3 is 1. The van der Waals surface area contributed by atoms with Gasteiger partial charge in [0.05, 0.1) is 5.70 Å². The van der Waals surface area contributed by atoms with E-state index < -0.39 is 0 Å². The lowest BCUT2D eigenvalue weighted by molar-refractivity contribution is -0.140. The number of nitrogens with zero attached hydrogens (tertiary/aromatic N) is 4. The quantitative estimate of drug-likeness (QED) is 0.468. The Bertz CT molecular complexity index is 1210. The summed E-state index contributed by atoms with van der Waals surface area (Å²) in [7, 11) is 1.47. The monoisotopic (exact) mass is 492 g/mol. The molecule has 0 atom stereocenters. The van der Waals surface area contributed by atoms with Crippen molar-refractivity contribution >= 4 is 35.0 Å². The van der Waals surface area contributed by atoms with Crippen LogP contribution < -0.4 is 4.90 Å². The molecule has 4 rings (SSSR count). The predicted octanol–water partition coefficient (Wildman–Crippen LogP) is 3.74. The van der Waals surface area contributed by atoms with Gasteiger partial charge in [-0.1, -0.05) is 29.5 Å². The topological polar surface area (TPSA) is 76.9 Å². The van der Waals surface area contributed by atoms with E-state index in [4.69, 9.17) is 4.74 Å². The Morgan fingerprint density at radius 3 is 2.26 bits per heavy atom. The summed E-state index contributed by atoms with van der Waals surface area (Å²) in [5.74, 6) is -0.836. The predicted molar refractivity (Wildman–Crippen MR) is 133 cm³/mol. The van der Waals surface area contributed by atoms with E-state index in [0.29, 0.717) is 31.2 Å². The molecule has 0 spiro atoms. The average molecular weight is 493 g/mol. The Hall–Kier alpha value is -3.61. The molecule has 7 nitrogen and oxygen atoms in total. The molecule has 1 saturated heterocycles. The lowest BCUT2D eigenvalue weighted by Gasteiger charge is -2.35. The van der Waals surface area contributed by atoms with Crippen LogP contribution in [0.25, 0.3) is 5.70 Å². The summed E-state index contributed by atoms with van der Waals surface area (Å²) in [5, 5.41) is 12.4. The van der Waals surface area contributed by atoms with E-state index in [9.17, 15) is 19.2 Å². The first kappa shape index (κ1) is 24.5. The van der Waals surface area contributed by atoms with Crippen molar-refractivity contribution in [3.8, 4) is 6.07 Å². The first-order chi connectivity index (χ1) is 16.9. The number of thioether (sulfide) groups is 1. The number of rotatable bonds is 5. The second-order valence-electron chi connectivity index (χ2n) is 8.20. The summed E-state index contributed by atoms with van der Waals surface area (Å²) in [6, 6.07) is 16.0. The summed E-state index contributed by atoms with van der Waals surface area (Å²) in [6.45, 7) is 3.42. The van der Waals surface area contributed by atoms with Crippen molar-refractivity contribution in [2.75, 3.05) is 44.8 Å². The number of carbonyl (C=O) groups is 2. The highest BCUT2D eigenvalue weighted by atomic mass is 32.2. The highest BCUT2D eigenvalue weighted by Gasteiger charge is 2.33. The fraction of sp³-hybridized carbons (Fsp3) is 0.269. The van der Waals surface area contributed by atoms with E-state index in [0.717, 1.165) is 22.5 Å². The molecule has 0 aromatic heterocycles. The molecule has 9 heteroatoms. The number of hydrogen-bond donors (Lipinski definition) is 0. The molecule has 35 heavy (non-hydrogen) atoms. The van der Waals surface area contributed by atoms with Gasteiger partial charge in [-0.25, -0.2) is 4.39 Å². The molecule has 2 aromatic rings. The molecule has 1 fully saturated rings. The number of nitriles is 1. The Morgan fingerprint density at radius 1 is 1.03 bits per heavy atom. The molecule has 2 aromatic carbocycles. The maximum atomic E-state index is 13.6. The van der Waals surface area contributed by atoms with E-state index in [1.54, 1.807) is 21.9 Å². The van der Waals surface area contributed by atoms with Crippen LogP contribution in [-0.4, -0.2) is 61.5 Å². The van der Waals surface area contributed by atoms with Gasteiger partial charge in [-0.05, 0) is 48.9 Å². The van der Waals surface area contributed by atoms with Crippen LogP contribution in [0.15, 0.2) is 64.5 Å². The Labute approximate surface area is 208 Å². The minimum absolute atomic E-state index is 0.00141. The van der Waals surface area contributed by atoms with Gasteiger partial charge in [0.1, 0.15) is 29.1 Å². The van der Waals surface area contributed by atoms with Gasteiger partial charge in [-0.15, -0.1) is 0 Å².